The van der Waals surface area contributed by atoms with Crippen LogP contribution in [0.4, 0.5) is 5.69 Å². The Kier molecular flexibility index (Phi) is 3.62. The molecular formula is C13H17NO2S. The van der Waals surface area contributed by atoms with Gasteiger partial charge in [0.15, 0.2) is 0 Å². The molecule has 0 saturated heterocycles. The molecule has 1 aliphatic heterocycles. The molecule has 3 nitrogen and oxygen atoms in total. The van der Waals surface area contributed by atoms with E-state index < -0.39 is 5.97 Å². The summed E-state index contributed by atoms with van der Waals surface area (Å²) in [5.74, 6) is 0.310. The van der Waals surface area contributed by atoms with Crippen LogP contribution in [0.5, 0.6) is 0 Å². The minimum atomic E-state index is -0.727. The molecule has 0 aromatic heterocycles. The van der Waals surface area contributed by atoms with E-state index in [1.54, 1.807) is 0 Å². The smallest absolute Gasteiger partial charge is 0.305 e. The van der Waals surface area contributed by atoms with Gasteiger partial charge in [-0.3, -0.25) is 4.79 Å². The average Bonchev–Trinajstić information content (AvgIpc) is 2.25. The van der Waals surface area contributed by atoms with Crippen LogP contribution in [-0.2, 0) is 4.79 Å². The van der Waals surface area contributed by atoms with Crippen molar-refractivity contribution >= 4 is 23.4 Å². The highest BCUT2D eigenvalue weighted by Gasteiger charge is 2.20. The van der Waals surface area contributed by atoms with Crippen molar-refractivity contribution in [3.8, 4) is 0 Å². The summed E-state index contributed by atoms with van der Waals surface area (Å²) in [7, 11) is 0. The number of aliphatic carboxylic acids is 1. The van der Waals surface area contributed by atoms with E-state index in [1.165, 1.54) is 21.7 Å². The van der Waals surface area contributed by atoms with Gasteiger partial charge in [0.2, 0.25) is 0 Å². The largest absolute Gasteiger partial charge is 0.481 e. The van der Waals surface area contributed by atoms with E-state index in [2.05, 4.69) is 30.9 Å². The molecular weight excluding hydrogens is 234 g/mol. The van der Waals surface area contributed by atoms with Gasteiger partial charge in [0.1, 0.15) is 0 Å². The Balaban J connectivity index is 2.27. The number of carbonyl (C=O) groups is 1. The number of thioether (sulfide) groups is 1. The van der Waals surface area contributed by atoms with Gasteiger partial charge in [-0.2, -0.15) is 0 Å². The first-order valence-electron chi connectivity index (χ1n) is 5.78. The van der Waals surface area contributed by atoms with Gasteiger partial charge in [0, 0.05) is 23.7 Å². The number of carboxylic acid groups (broad SMARTS) is 1. The molecule has 1 heterocycles. The Morgan fingerprint density at radius 1 is 1.47 bits per heavy atom. The molecule has 0 amide bonds. The second-order valence-corrected chi connectivity index (χ2v) is 5.54. The molecule has 1 aromatic rings. The third-order valence-electron chi connectivity index (χ3n) is 2.94. The van der Waals surface area contributed by atoms with Gasteiger partial charge in [-0.15, -0.1) is 11.8 Å². The van der Waals surface area contributed by atoms with Crippen molar-refractivity contribution in [1.82, 2.24) is 0 Å². The molecule has 4 heteroatoms. The molecule has 1 N–H and O–H groups in total. The number of fused-ring (bicyclic) bond motifs is 1. The number of carboxylic acids is 1. The third-order valence-corrected chi connectivity index (χ3v) is 3.95. The van der Waals surface area contributed by atoms with Crippen molar-refractivity contribution in [2.45, 2.75) is 25.2 Å². The maximum atomic E-state index is 10.7. The van der Waals surface area contributed by atoms with E-state index >= 15 is 0 Å². The minimum absolute atomic E-state index is 0.206. The molecule has 17 heavy (non-hydrogen) atoms. The maximum Gasteiger partial charge on any atom is 0.305 e. The Labute approximate surface area is 106 Å². The van der Waals surface area contributed by atoms with Gasteiger partial charge in [0.05, 0.1) is 12.1 Å². The highest BCUT2D eigenvalue weighted by Crippen LogP contribution is 2.38. The van der Waals surface area contributed by atoms with Crippen molar-refractivity contribution in [3.05, 3.63) is 23.3 Å². The number of hydrogen-bond acceptors (Lipinski definition) is 3. The lowest BCUT2D eigenvalue weighted by atomic mass is 10.1. The summed E-state index contributed by atoms with van der Waals surface area (Å²) >= 11 is 1.87. The first-order chi connectivity index (χ1) is 8.08. The molecule has 0 atom stereocenters. The van der Waals surface area contributed by atoms with Gasteiger partial charge in [-0.25, -0.2) is 0 Å². The first-order valence-corrected chi connectivity index (χ1v) is 6.77. The minimum Gasteiger partial charge on any atom is -0.481 e. The first kappa shape index (κ1) is 12.3. The maximum absolute atomic E-state index is 10.7. The fourth-order valence-corrected chi connectivity index (χ4v) is 3.50. The molecule has 2 rings (SSSR count). The summed E-state index contributed by atoms with van der Waals surface area (Å²) in [5, 5.41) is 8.77. The second kappa shape index (κ2) is 5.00. The summed E-state index contributed by atoms with van der Waals surface area (Å²) in [5.41, 5.74) is 3.75. The summed E-state index contributed by atoms with van der Waals surface area (Å²) in [6.07, 6.45) is 0.206. The summed E-state index contributed by atoms with van der Waals surface area (Å²) in [4.78, 5) is 14.2. The Morgan fingerprint density at radius 2 is 2.24 bits per heavy atom. The van der Waals surface area contributed by atoms with Crippen LogP contribution in [0.1, 0.15) is 17.5 Å². The molecule has 0 unspecified atom stereocenters. The molecule has 1 aliphatic rings. The Hall–Kier alpha value is -1.16. The summed E-state index contributed by atoms with van der Waals surface area (Å²) in [6.45, 7) is 5.75. The van der Waals surface area contributed by atoms with Crippen molar-refractivity contribution in [3.63, 3.8) is 0 Å². The molecule has 1 aromatic carbocycles. The molecule has 0 fully saturated rings. The quantitative estimate of drug-likeness (QED) is 0.896. The Morgan fingerprint density at radius 3 is 2.94 bits per heavy atom. The third kappa shape index (κ3) is 2.75. The van der Waals surface area contributed by atoms with E-state index in [-0.39, 0.29) is 6.42 Å². The van der Waals surface area contributed by atoms with Crippen molar-refractivity contribution < 1.29 is 9.90 Å². The fourth-order valence-electron chi connectivity index (χ4n) is 2.27. The van der Waals surface area contributed by atoms with Crippen LogP contribution in [0, 0.1) is 13.8 Å². The molecule has 0 spiro atoms. The summed E-state index contributed by atoms with van der Waals surface area (Å²) in [6, 6.07) is 4.36. The molecule has 0 radical (unpaired) electrons. The number of hydrogen-bond donors (Lipinski definition) is 1. The van der Waals surface area contributed by atoms with E-state index in [4.69, 9.17) is 5.11 Å². The zero-order chi connectivity index (χ0) is 12.4. The number of nitrogens with zero attached hydrogens (tertiary/aromatic N) is 1. The predicted molar refractivity (Wildman–Crippen MR) is 71.1 cm³/mol. The van der Waals surface area contributed by atoms with Gasteiger partial charge in [-0.1, -0.05) is 6.07 Å². The van der Waals surface area contributed by atoms with E-state index in [0.29, 0.717) is 6.54 Å². The van der Waals surface area contributed by atoms with Crippen LogP contribution in [0.25, 0.3) is 0 Å². The number of rotatable bonds is 3. The van der Waals surface area contributed by atoms with Gasteiger partial charge < -0.3 is 10.0 Å². The van der Waals surface area contributed by atoms with E-state index in [9.17, 15) is 4.79 Å². The highest BCUT2D eigenvalue weighted by molar-refractivity contribution is 7.99. The van der Waals surface area contributed by atoms with Gasteiger partial charge >= 0.3 is 5.97 Å². The van der Waals surface area contributed by atoms with E-state index in [0.717, 1.165) is 12.3 Å². The number of benzene rings is 1. The van der Waals surface area contributed by atoms with E-state index in [1.807, 2.05) is 11.8 Å². The fraction of sp³-hybridized carbons (Fsp3) is 0.462. The number of aryl methyl sites for hydroxylation is 2. The lowest BCUT2D eigenvalue weighted by Gasteiger charge is -2.32. The van der Waals surface area contributed by atoms with Gasteiger partial charge in [-0.05, 0) is 31.0 Å². The van der Waals surface area contributed by atoms with Crippen molar-refractivity contribution in [2.24, 2.45) is 0 Å². The van der Waals surface area contributed by atoms with Crippen molar-refractivity contribution in [2.75, 3.05) is 23.7 Å². The highest BCUT2D eigenvalue weighted by atomic mass is 32.2. The Bertz CT molecular complexity index is 445. The number of anilines is 1. The van der Waals surface area contributed by atoms with Gasteiger partial charge in [0.25, 0.3) is 0 Å². The SMILES string of the molecule is Cc1cc(C)c2c(c1)SCCN2CCC(=O)O. The topological polar surface area (TPSA) is 40.5 Å². The lowest BCUT2D eigenvalue weighted by molar-refractivity contribution is -0.136. The summed E-state index contributed by atoms with van der Waals surface area (Å²) < 4.78 is 0. The normalized spacial score (nSPS) is 14.6. The zero-order valence-electron chi connectivity index (χ0n) is 10.2. The molecule has 0 bridgehead atoms. The monoisotopic (exact) mass is 251 g/mol. The lowest BCUT2D eigenvalue weighted by Crippen LogP contribution is -2.32. The van der Waals surface area contributed by atoms with Crippen LogP contribution in [0.3, 0.4) is 0 Å². The van der Waals surface area contributed by atoms with Crippen molar-refractivity contribution in [1.29, 1.82) is 0 Å². The molecule has 0 saturated carbocycles. The molecule has 0 aliphatic carbocycles. The van der Waals surface area contributed by atoms with Crippen LogP contribution in [-0.4, -0.2) is 29.9 Å². The average molecular weight is 251 g/mol. The zero-order valence-corrected chi connectivity index (χ0v) is 11.0. The van der Waals surface area contributed by atoms with Crippen LogP contribution in [0.2, 0.25) is 0 Å². The molecule has 92 valence electrons. The second-order valence-electron chi connectivity index (χ2n) is 4.41. The predicted octanol–water partition coefficient (Wildman–Crippen LogP) is 2.69. The standard InChI is InChI=1S/C13H17NO2S/c1-9-7-10(2)13-11(8-9)17-6-5-14(13)4-3-12(15)16/h7-8H,3-6H2,1-2H3,(H,15,16). The van der Waals surface area contributed by atoms with Crippen LogP contribution >= 0.6 is 11.8 Å². The van der Waals surface area contributed by atoms with Crippen LogP contribution in [0.15, 0.2) is 17.0 Å². The van der Waals surface area contributed by atoms with Crippen LogP contribution < -0.4 is 4.90 Å².